The zero-order chi connectivity index (χ0) is 49.5. The lowest BCUT2D eigenvalue weighted by molar-refractivity contribution is 0.809. The molecule has 0 radical (unpaired) electrons. The number of nitrogens with zero attached hydrogens (tertiary/aromatic N) is 2. The SMILES string of the molecule is c1ccc(-c2cccc(N(c3ccccc3)c3ccc4c5c(c6ccccc6c4c3)-c3cc(N(c4ccccc4)c4cccc(-c6ccccc6)c4)c4ccccc4c3C53c4ccccc4-c4ccccc43)c2)cc1. The van der Waals surface area contributed by atoms with Crippen molar-refractivity contribution >= 4 is 66.4 Å². The summed E-state index contributed by atoms with van der Waals surface area (Å²) in [4.78, 5) is 4.90. The molecule has 0 saturated carbocycles. The van der Waals surface area contributed by atoms with Gasteiger partial charge in [0.2, 0.25) is 0 Å². The van der Waals surface area contributed by atoms with Gasteiger partial charge in [0.15, 0.2) is 0 Å². The van der Waals surface area contributed by atoms with Crippen molar-refractivity contribution in [2.24, 2.45) is 0 Å². The predicted octanol–water partition coefficient (Wildman–Crippen LogP) is 19.8. The first-order valence-corrected chi connectivity index (χ1v) is 26.0. The Morgan fingerprint density at radius 1 is 0.227 bits per heavy atom. The van der Waals surface area contributed by atoms with Crippen molar-refractivity contribution in [1.82, 2.24) is 0 Å². The van der Waals surface area contributed by atoms with Gasteiger partial charge in [-0.1, -0.05) is 224 Å². The summed E-state index contributed by atoms with van der Waals surface area (Å²) in [5.74, 6) is 0. The van der Waals surface area contributed by atoms with Crippen molar-refractivity contribution in [3.8, 4) is 44.5 Å². The molecule has 0 aromatic heterocycles. The van der Waals surface area contributed by atoms with Gasteiger partial charge in [-0.25, -0.2) is 0 Å². The molecule has 0 atom stereocenters. The lowest BCUT2D eigenvalue weighted by Crippen LogP contribution is -2.26. The molecule has 2 nitrogen and oxygen atoms in total. The Kier molecular flexibility index (Phi) is 9.83. The van der Waals surface area contributed by atoms with Crippen LogP contribution >= 0.6 is 0 Å². The van der Waals surface area contributed by atoms with Gasteiger partial charge >= 0.3 is 0 Å². The highest BCUT2D eigenvalue weighted by atomic mass is 15.1. The first-order valence-electron chi connectivity index (χ1n) is 26.0. The van der Waals surface area contributed by atoms with Crippen molar-refractivity contribution in [3.05, 3.63) is 313 Å². The quantitative estimate of drug-likeness (QED) is 0.140. The number of fused-ring (bicyclic) bond motifs is 17. The molecule has 13 aromatic rings. The second kappa shape index (κ2) is 17.2. The number of anilines is 6. The average molecular weight is 953 g/mol. The summed E-state index contributed by atoms with van der Waals surface area (Å²) < 4.78 is 0. The molecule has 1 spiro atoms. The van der Waals surface area contributed by atoms with E-state index in [0.717, 1.165) is 34.1 Å². The van der Waals surface area contributed by atoms with Gasteiger partial charge in [-0.2, -0.15) is 0 Å². The van der Waals surface area contributed by atoms with Gasteiger partial charge in [0.05, 0.1) is 11.1 Å². The summed E-state index contributed by atoms with van der Waals surface area (Å²) in [6, 6.07) is 108. The summed E-state index contributed by atoms with van der Waals surface area (Å²) in [6.45, 7) is 0. The zero-order valence-electron chi connectivity index (χ0n) is 41.1. The Morgan fingerprint density at radius 3 is 1.25 bits per heavy atom. The van der Waals surface area contributed by atoms with Gasteiger partial charge in [0, 0.05) is 33.8 Å². The molecule has 0 N–H and O–H groups in total. The maximum atomic E-state index is 2.54. The van der Waals surface area contributed by atoms with Crippen molar-refractivity contribution in [1.29, 1.82) is 0 Å². The molecule has 0 unspecified atom stereocenters. The lowest BCUT2D eigenvalue weighted by atomic mass is 9.68. The Balaban J connectivity index is 1.05. The molecule has 2 heteroatoms. The third-order valence-corrected chi connectivity index (χ3v) is 16.0. The minimum Gasteiger partial charge on any atom is -0.310 e. The minimum atomic E-state index is -0.645. The standard InChI is InChI=1S/C73H48N2/c1-5-23-49(24-6-1)51-27-21-33-55(45-51)74(53-29-9-3-10-30-53)57-43-44-64-65(47-57)58-35-13-15-39-62(58)70-66-48-69(75(54-31-11-4-12-32-54)56-34-22-28-52(46-56)50-25-7-2-8-26-50)61-38-14-16-40-63(61)71(66)73(72(64)70)67-41-19-17-36-59(67)60-37-18-20-42-68(60)73/h1-48H. The van der Waals surface area contributed by atoms with Crippen molar-refractivity contribution in [3.63, 3.8) is 0 Å². The summed E-state index contributed by atoms with van der Waals surface area (Å²) in [5, 5.41) is 7.40. The summed E-state index contributed by atoms with van der Waals surface area (Å²) in [6.07, 6.45) is 0. The van der Waals surface area contributed by atoms with Crippen LogP contribution in [0.15, 0.2) is 291 Å². The molecule has 0 amide bonds. The van der Waals surface area contributed by atoms with Crippen molar-refractivity contribution in [2.45, 2.75) is 5.41 Å². The Labute approximate surface area is 437 Å². The fourth-order valence-electron chi connectivity index (χ4n) is 13.0. The largest absolute Gasteiger partial charge is 0.310 e. The van der Waals surface area contributed by atoms with E-state index in [-0.39, 0.29) is 0 Å². The van der Waals surface area contributed by atoms with E-state index in [1.165, 1.54) is 99.1 Å². The number of hydrogen-bond acceptors (Lipinski definition) is 2. The van der Waals surface area contributed by atoms with E-state index in [1.807, 2.05) is 0 Å². The molecule has 13 aromatic carbocycles. The third kappa shape index (κ3) is 6.53. The monoisotopic (exact) mass is 952 g/mol. The number of hydrogen-bond donors (Lipinski definition) is 0. The van der Waals surface area contributed by atoms with Crippen LogP contribution in [0.25, 0.3) is 76.8 Å². The molecule has 0 saturated heterocycles. The molecule has 15 rings (SSSR count). The molecule has 350 valence electrons. The first-order chi connectivity index (χ1) is 37.2. The van der Waals surface area contributed by atoms with E-state index in [4.69, 9.17) is 0 Å². The predicted molar refractivity (Wildman–Crippen MR) is 315 cm³/mol. The van der Waals surface area contributed by atoms with Crippen LogP contribution in [0.3, 0.4) is 0 Å². The van der Waals surface area contributed by atoms with Crippen LogP contribution < -0.4 is 9.80 Å². The average Bonchev–Trinajstić information content (AvgIpc) is 4.19. The molecule has 2 aliphatic rings. The fraction of sp³-hybridized carbons (Fsp3) is 0.0137. The molecule has 0 aliphatic heterocycles. The van der Waals surface area contributed by atoms with Crippen LogP contribution in [0.2, 0.25) is 0 Å². The van der Waals surface area contributed by atoms with Crippen LogP contribution in [0.4, 0.5) is 34.1 Å². The van der Waals surface area contributed by atoms with E-state index in [0.29, 0.717) is 0 Å². The highest BCUT2D eigenvalue weighted by molar-refractivity contribution is 6.23. The van der Waals surface area contributed by atoms with E-state index in [1.54, 1.807) is 0 Å². The Morgan fingerprint density at radius 2 is 0.653 bits per heavy atom. The zero-order valence-corrected chi connectivity index (χ0v) is 41.1. The van der Waals surface area contributed by atoms with Gasteiger partial charge in [-0.3, -0.25) is 0 Å². The van der Waals surface area contributed by atoms with Crippen LogP contribution in [0, 0.1) is 0 Å². The molecular formula is C73H48N2. The highest BCUT2D eigenvalue weighted by Gasteiger charge is 2.54. The van der Waals surface area contributed by atoms with Gasteiger partial charge in [-0.05, 0) is 160 Å². The van der Waals surface area contributed by atoms with Gasteiger partial charge in [0.25, 0.3) is 0 Å². The Bertz CT molecular complexity index is 4310. The maximum absolute atomic E-state index is 2.54. The van der Waals surface area contributed by atoms with E-state index >= 15 is 0 Å². The number of rotatable bonds is 8. The molecule has 0 fully saturated rings. The second-order valence-corrected chi connectivity index (χ2v) is 19.9. The third-order valence-electron chi connectivity index (χ3n) is 16.0. The van der Waals surface area contributed by atoms with Gasteiger partial charge in [0.1, 0.15) is 0 Å². The van der Waals surface area contributed by atoms with Crippen LogP contribution in [-0.4, -0.2) is 0 Å². The highest BCUT2D eigenvalue weighted by Crippen LogP contribution is 2.67. The summed E-state index contributed by atoms with van der Waals surface area (Å²) >= 11 is 0. The van der Waals surface area contributed by atoms with E-state index in [9.17, 15) is 0 Å². The fourth-order valence-corrected chi connectivity index (χ4v) is 13.0. The Hall–Kier alpha value is -9.76. The van der Waals surface area contributed by atoms with Crippen LogP contribution in [0.5, 0.6) is 0 Å². The second-order valence-electron chi connectivity index (χ2n) is 19.9. The summed E-state index contributed by atoms with van der Waals surface area (Å²) in [5.41, 5.74) is 21.2. The van der Waals surface area contributed by atoms with E-state index < -0.39 is 5.41 Å². The van der Waals surface area contributed by atoms with Gasteiger partial charge < -0.3 is 9.80 Å². The first kappa shape index (κ1) is 42.9. The maximum Gasteiger partial charge on any atom is 0.0737 e. The van der Waals surface area contributed by atoms with Crippen LogP contribution in [-0.2, 0) is 5.41 Å². The smallest absolute Gasteiger partial charge is 0.0737 e. The van der Waals surface area contributed by atoms with Gasteiger partial charge in [-0.15, -0.1) is 0 Å². The normalized spacial score (nSPS) is 12.6. The topological polar surface area (TPSA) is 6.48 Å². The number of para-hydroxylation sites is 2. The molecule has 75 heavy (non-hydrogen) atoms. The number of benzene rings is 13. The molecule has 0 heterocycles. The lowest BCUT2D eigenvalue weighted by Gasteiger charge is -2.34. The van der Waals surface area contributed by atoms with Crippen LogP contribution in [0.1, 0.15) is 22.3 Å². The van der Waals surface area contributed by atoms with Crippen molar-refractivity contribution in [2.75, 3.05) is 9.80 Å². The molecule has 0 bridgehead atoms. The minimum absolute atomic E-state index is 0.645. The molecular weight excluding hydrogens is 905 g/mol. The molecule has 2 aliphatic carbocycles. The summed E-state index contributed by atoms with van der Waals surface area (Å²) in [7, 11) is 0. The van der Waals surface area contributed by atoms with E-state index in [2.05, 4.69) is 301 Å². The van der Waals surface area contributed by atoms with Crippen molar-refractivity contribution < 1.29 is 0 Å².